The van der Waals surface area contributed by atoms with Crippen LogP contribution in [-0.4, -0.2) is 36.9 Å². The number of rotatable bonds is 7. The Morgan fingerprint density at radius 1 is 0.974 bits per heavy atom. The van der Waals surface area contributed by atoms with Crippen LogP contribution in [0.1, 0.15) is 29.1 Å². The predicted molar refractivity (Wildman–Crippen MR) is 141 cm³/mol. The van der Waals surface area contributed by atoms with Crippen molar-refractivity contribution in [3.63, 3.8) is 0 Å². The van der Waals surface area contributed by atoms with E-state index in [-0.39, 0.29) is 17.2 Å². The first-order chi connectivity index (χ1) is 18.3. The molecule has 2 heterocycles. The Morgan fingerprint density at radius 3 is 2.39 bits per heavy atom. The van der Waals surface area contributed by atoms with Crippen molar-refractivity contribution in [3.8, 4) is 11.5 Å². The maximum absolute atomic E-state index is 13.9. The number of hydrogen-bond acceptors (Lipinski definition) is 7. The highest BCUT2D eigenvalue weighted by Gasteiger charge is 2.45. The number of aliphatic hydroxyl groups excluding tert-OH is 1. The summed E-state index contributed by atoms with van der Waals surface area (Å²) in [6.45, 7) is 1.39. The number of amides is 2. The number of benzene rings is 3. The Bertz CT molecular complexity index is 1600. The number of furan rings is 1. The fourth-order valence-corrected chi connectivity index (χ4v) is 4.58. The number of para-hydroxylation sites is 1. The second-order valence-corrected chi connectivity index (χ2v) is 8.66. The van der Waals surface area contributed by atoms with Gasteiger partial charge in [-0.25, -0.2) is 0 Å². The highest BCUT2D eigenvalue weighted by Crippen LogP contribution is 2.43. The molecule has 0 aliphatic carbocycles. The van der Waals surface area contributed by atoms with Gasteiger partial charge in [-0.2, -0.15) is 0 Å². The Balaban J connectivity index is 1.63. The molecule has 0 saturated heterocycles. The second kappa shape index (κ2) is 9.78. The predicted octanol–water partition coefficient (Wildman–Crippen LogP) is 5.19. The molecule has 2 N–H and O–H groups in total. The lowest BCUT2D eigenvalue weighted by molar-refractivity contribution is -0.117. The number of methoxy groups -OCH3 is 2. The first-order valence-corrected chi connectivity index (χ1v) is 11.7. The van der Waals surface area contributed by atoms with E-state index < -0.39 is 23.5 Å². The fourth-order valence-electron chi connectivity index (χ4n) is 4.58. The van der Waals surface area contributed by atoms with Crippen LogP contribution in [0.15, 0.2) is 88.5 Å². The molecule has 1 aliphatic rings. The van der Waals surface area contributed by atoms with Crippen LogP contribution in [0.5, 0.6) is 11.5 Å². The van der Waals surface area contributed by atoms with Gasteiger partial charge >= 0.3 is 0 Å². The minimum atomic E-state index is -0.980. The number of ether oxygens (including phenoxy) is 2. The van der Waals surface area contributed by atoms with Gasteiger partial charge in [-0.1, -0.05) is 24.3 Å². The molecule has 1 unspecified atom stereocenters. The number of ketones is 1. The van der Waals surface area contributed by atoms with E-state index in [0.717, 1.165) is 0 Å². The van der Waals surface area contributed by atoms with Gasteiger partial charge in [0.25, 0.3) is 5.91 Å². The highest BCUT2D eigenvalue weighted by atomic mass is 16.5. The number of nitrogens with zero attached hydrogens (tertiary/aromatic N) is 1. The SMILES string of the molecule is COc1cccc(C2C(C(=O)c3cc4cccc(OC)c4o3)=C(O)C(=O)N2c2ccc(NC(C)=O)cc2)c1. The van der Waals surface area contributed by atoms with Gasteiger partial charge in [0, 0.05) is 23.7 Å². The maximum atomic E-state index is 13.9. The summed E-state index contributed by atoms with van der Waals surface area (Å²) < 4.78 is 16.6. The van der Waals surface area contributed by atoms with Crippen LogP contribution in [-0.2, 0) is 9.59 Å². The number of hydrogen-bond donors (Lipinski definition) is 2. The van der Waals surface area contributed by atoms with E-state index in [0.29, 0.717) is 39.4 Å². The molecular formula is C29H24N2O7. The Hall–Kier alpha value is -5.05. The van der Waals surface area contributed by atoms with E-state index in [1.54, 1.807) is 72.8 Å². The van der Waals surface area contributed by atoms with Crippen molar-refractivity contribution in [2.75, 3.05) is 24.4 Å². The topological polar surface area (TPSA) is 118 Å². The third-order valence-electron chi connectivity index (χ3n) is 6.28. The number of carbonyl (C=O) groups is 3. The van der Waals surface area contributed by atoms with Crippen molar-refractivity contribution in [1.29, 1.82) is 0 Å². The molecule has 0 saturated carbocycles. The van der Waals surface area contributed by atoms with Crippen molar-refractivity contribution in [1.82, 2.24) is 0 Å². The molecule has 38 heavy (non-hydrogen) atoms. The lowest BCUT2D eigenvalue weighted by Gasteiger charge is -2.27. The Labute approximate surface area is 217 Å². The average Bonchev–Trinajstić information content (AvgIpc) is 3.47. The highest BCUT2D eigenvalue weighted by molar-refractivity contribution is 6.20. The van der Waals surface area contributed by atoms with Gasteiger partial charge < -0.3 is 24.3 Å². The van der Waals surface area contributed by atoms with E-state index in [4.69, 9.17) is 13.9 Å². The monoisotopic (exact) mass is 512 g/mol. The van der Waals surface area contributed by atoms with Crippen LogP contribution in [0, 0.1) is 0 Å². The molecule has 0 radical (unpaired) electrons. The summed E-state index contributed by atoms with van der Waals surface area (Å²) in [6, 6.07) is 19.3. The smallest absolute Gasteiger partial charge is 0.294 e. The number of Topliss-reactive ketones (excluding diaryl/α,β-unsaturated/α-hetero) is 1. The summed E-state index contributed by atoms with van der Waals surface area (Å²) in [6.07, 6.45) is 0. The standard InChI is InChI=1S/C29H24N2O7/c1-16(32)30-19-10-12-20(13-11-19)31-25(17-6-4-8-21(14-17)36-2)24(27(34)29(31)35)26(33)23-15-18-7-5-9-22(37-3)28(18)38-23/h4-15,25,34H,1-3H3,(H,30,32). The molecule has 192 valence electrons. The summed E-state index contributed by atoms with van der Waals surface area (Å²) in [5.74, 6) is -1.38. The van der Waals surface area contributed by atoms with Crippen molar-refractivity contribution >= 4 is 39.9 Å². The number of aliphatic hydroxyl groups is 1. The molecule has 5 rings (SSSR count). The molecule has 1 aromatic heterocycles. The quantitative estimate of drug-likeness (QED) is 0.327. The van der Waals surface area contributed by atoms with Gasteiger partial charge in [0.2, 0.25) is 11.7 Å². The third-order valence-corrected chi connectivity index (χ3v) is 6.28. The molecule has 0 bridgehead atoms. The molecule has 9 nitrogen and oxygen atoms in total. The van der Waals surface area contributed by atoms with Crippen LogP contribution in [0.25, 0.3) is 11.0 Å². The van der Waals surface area contributed by atoms with Gasteiger partial charge in [0.1, 0.15) is 5.75 Å². The maximum Gasteiger partial charge on any atom is 0.294 e. The van der Waals surface area contributed by atoms with E-state index in [9.17, 15) is 19.5 Å². The molecule has 0 fully saturated rings. The molecule has 1 aliphatic heterocycles. The normalized spacial score (nSPS) is 15.2. The molecule has 2 amide bonds. The molecule has 1 atom stereocenters. The average molecular weight is 513 g/mol. The van der Waals surface area contributed by atoms with Gasteiger partial charge in [0.15, 0.2) is 22.9 Å². The lowest BCUT2D eigenvalue weighted by atomic mass is 9.94. The van der Waals surface area contributed by atoms with E-state index in [1.165, 1.54) is 26.0 Å². The molecule has 0 spiro atoms. The van der Waals surface area contributed by atoms with Gasteiger partial charge in [-0.15, -0.1) is 0 Å². The first kappa shape index (κ1) is 24.6. The van der Waals surface area contributed by atoms with E-state index >= 15 is 0 Å². The number of fused-ring (bicyclic) bond motifs is 1. The Morgan fingerprint density at radius 2 is 1.71 bits per heavy atom. The molecule has 9 heteroatoms. The van der Waals surface area contributed by atoms with E-state index in [1.807, 2.05) is 0 Å². The van der Waals surface area contributed by atoms with Crippen LogP contribution >= 0.6 is 0 Å². The largest absolute Gasteiger partial charge is 0.503 e. The Kier molecular flexibility index (Phi) is 6.34. The number of anilines is 2. The minimum Gasteiger partial charge on any atom is -0.503 e. The lowest BCUT2D eigenvalue weighted by Crippen LogP contribution is -2.31. The number of carbonyl (C=O) groups excluding carboxylic acids is 3. The van der Waals surface area contributed by atoms with Crippen LogP contribution in [0.4, 0.5) is 11.4 Å². The van der Waals surface area contributed by atoms with Crippen LogP contribution < -0.4 is 19.7 Å². The second-order valence-electron chi connectivity index (χ2n) is 8.66. The molecule has 4 aromatic rings. The van der Waals surface area contributed by atoms with Gasteiger partial charge in [0.05, 0.1) is 25.8 Å². The van der Waals surface area contributed by atoms with E-state index in [2.05, 4.69) is 5.32 Å². The van der Waals surface area contributed by atoms with Crippen LogP contribution in [0.2, 0.25) is 0 Å². The van der Waals surface area contributed by atoms with Crippen molar-refractivity contribution in [3.05, 3.63) is 95.5 Å². The van der Waals surface area contributed by atoms with Crippen molar-refractivity contribution in [2.24, 2.45) is 0 Å². The molecular weight excluding hydrogens is 488 g/mol. The molecule has 3 aromatic carbocycles. The third kappa shape index (κ3) is 4.24. The van der Waals surface area contributed by atoms with Gasteiger partial charge in [-0.05, 0) is 54.1 Å². The van der Waals surface area contributed by atoms with Crippen molar-refractivity contribution < 1.29 is 33.4 Å². The summed E-state index contributed by atoms with van der Waals surface area (Å²) in [5, 5.41) is 14.4. The first-order valence-electron chi connectivity index (χ1n) is 11.7. The number of nitrogens with one attached hydrogen (secondary N) is 1. The zero-order chi connectivity index (χ0) is 27.0. The fraction of sp³-hybridized carbons (Fsp3) is 0.138. The summed E-state index contributed by atoms with van der Waals surface area (Å²) >= 11 is 0. The summed E-state index contributed by atoms with van der Waals surface area (Å²) in [5.41, 5.74) is 1.75. The zero-order valence-corrected chi connectivity index (χ0v) is 20.8. The summed E-state index contributed by atoms with van der Waals surface area (Å²) in [4.78, 5) is 40.0. The van der Waals surface area contributed by atoms with Crippen LogP contribution in [0.3, 0.4) is 0 Å². The zero-order valence-electron chi connectivity index (χ0n) is 20.8. The van der Waals surface area contributed by atoms with Crippen molar-refractivity contribution in [2.45, 2.75) is 13.0 Å². The summed E-state index contributed by atoms with van der Waals surface area (Å²) in [7, 11) is 3.01. The minimum absolute atomic E-state index is 0.0467. The van der Waals surface area contributed by atoms with Gasteiger partial charge in [-0.3, -0.25) is 19.3 Å².